The van der Waals surface area contributed by atoms with E-state index in [1.54, 1.807) is 6.92 Å². The van der Waals surface area contributed by atoms with Crippen molar-refractivity contribution in [3.05, 3.63) is 28.3 Å². The summed E-state index contributed by atoms with van der Waals surface area (Å²) in [5.74, 6) is -0.785. The predicted octanol–water partition coefficient (Wildman–Crippen LogP) is -0.788. The zero-order chi connectivity index (χ0) is 18.6. The van der Waals surface area contributed by atoms with Crippen LogP contribution >= 0.6 is 0 Å². The highest BCUT2D eigenvalue weighted by Gasteiger charge is 2.41. The molecule has 0 spiro atoms. The SMILES string of the molecule is CCOC(=O)[C@H]1/C(=C/n2ccc(NC(C)=O)nc2=O)[C@@H](CO)ON1C. The highest BCUT2D eigenvalue weighted by Crippen LogP contribution is 2.27. The van der Waals surface area contributed by atoms with E-state index < -0.39 is 23.8 Å². The van der Waals surface area contributed by atoms with Gasteiger partial charge in [-0.2, -0.15) is 10.0 Å². The lowest BCUT2D eigenvalue weighted by Crippen LogP contribution is -2.35. The molecule has 2 heterocycles. The average molecular weight is 352 g/mol. The minimum atomic E-state index is -0.890. The molecule has 1 aliphatic heterocycles. The number of likely N-dealkylation sites (N-methyl/N-ethyl adjacent to an activating group) is 1. The van der Waals surface area contributed by atoms with Crippen LogP contribution in [-0.4, -0.2) is 64.0 Å². The molecule has 10 nitrogen and oxygen atoms in total. The highest BCUT2D eigenvalue weighted by atomic mass is 16.7. The van der Waals surface area contributed by atoms with Crippen LogP contribution in [0.5, 0.6) is 0 Å². The molecule has 10 heteroatoms. The molecule has 2 N–H and O–H groups in total. The Labute approximate surface area is 143 Å². The number of hydrogen-bond acceptors (Lipinski definition) is 8. The minimum Gasteiger partial charge on any atom is -0.465 e. The summed E-state index contributed by atoms with van der Waals surface area (Å²) in [6, 6.07) is 0.547. The van der Waals surface area contributed by atoms with Gasteiger partial charge in [0.25, 0.3) is 0 Å². The van der Waals surface area contributed by atoms with Crippen molar-refractivity contribution in [1.82, 2.24) is 14.6 Å². The van der Waals surface area contributed by atoms with Crippen molar-refractivity contribution in [2.24, 2.45) is 0 Å². The van der Waals surface area contributed by atoms with Crippen molar-refractivity contribution < 1.29 is 24.3 Å². The first-order valence-corrected chi connectivity index (χ1v) is 7.62. The molecule has 136 valence electrons. The Morgan fingerprint density at radius 3 is 2.80 bits per heavy atom. The first kappa shape index (κ1) is 18.8. The molecule has 1 amide bonds. The molecule has 0 aliphatic carbocycles. The van der Waals surface area contributed by atoms with Gasteiger partial charge in [0.1, 0.15) is 11.9 Å². The van der Waals surface area contributed by atoms with Crippen molar-refractivity contribution >= 4 is 23.9 Å². The Balaban J connectivity index is 2.39. The van der Waals surface area contributed by atoms with Gasteiger partial charge < -0.3 is 15.2 Å². The normalized spacial score (nSPS) is 22.2. The number of anilines is 1. The number of amides is 1. The number of nitrogens with one attached hydrogen (secondary N) is 1. The van der Waals surface area contributed by atoms with Gasteiger partial charge in [-0.1, -0.05) is 0 Å². The summed E-state index contributed by atoms with van der Waals surface area (Å²) in [7, 11) is 1.53. The molecule has 0 unspecified atom stereocenters. The number of hydrogen-bond donors (Lipinski definition) is 2. The van der Waals surface area contributed by atoms with Crippen LogP contribution in [0.2, 0.25) is 0 Å². The number of carbonyl (C=O) groups excluding carboxylic acids is 2. The zero-order valence-electron chi connectivity index (χ0n) is 14.1. The molecule has 0 aromatic carbocycles. The lowest BCUT2D eigenvalue weighted by atomic mass is 10.0. The summed E-state index contributed by atoms with van der Waals surface area (Å²) in [6.45, 7) is 2.79. The van der Waals surface area contributed by atoms with Crippen LogP contribution < -0.4 is 11.0 Å². The van der Waals surface area contributed by atoms with Gasteiger partial charge in [0, 0.05) is 31.9 Å². The monoisotopic (exact) mass is 352 g/mol. The summed E-state index contributed by atoms with van der Waals surface area (Å²) in [4.78, 5) is 44.4. The van der Waals surface area contributed by atoms with Gasteiger partial charge in [-0.15, -0.1) is 0 Å². The van der Waals surface area contributed by atoms with Crippen LogP contribution in [0.1, 0.15) is 13.8 Å². The van der Waals surface area contributed by atoms with E-state index in [1.807, 2.05) is 0 Å². The van der Waals surface area contributed by atoms with Crippen molar-refractivity contribution in [2.45, 2.75) is 26.0 Å². The molecule has 0 bridgehead atoms. The molecule has 0 saturated carbocycles. The van der Waals surface area contributed by atoms with Gasteiger partial charge in [0.15, 0.2) is 6.04 Å². The summed E-state index contributed by atoms with van der Waals surface area (Å²) in [6.07, 6.45) is 1.97. The first-order chi connectivity index (χ1) is 11.9. The summed E-state index contributed by atoms with van der Waals surface area (Å²) < 4.78 is 6.15. The molecule has 1 aromatic heterocycles. The van der Waals surface area contributed by atoms with E-state index in [4.69, 9.17) is 9.57 Å². The van der Waals surface area contributed by atoms with Gasteiger partial charge in [-0.3, -0.25) is 14.2 Å². The topological polar surface area (TPSA) is 123 Å². The largest absolute Gasteiger partial charge is 0.465 e. The van der Waals surface area contributed by atoms with Crippen molar-refractivity contribution in [3.63, 3.8) is 0 Å². The fourth-order valence-electron chi connectivity index (χ4n) is 2.43. The second-order valence-electron chi connectivity index (χ2n) is 5.29. The van der Waals surface area contributed by atoms with Crippen LogP contribution in [0.25, 0.3) is 6.20 Å². The molecule has 2 atom stereocenters. The molecular formula is C15H20N4O6. The number of rotatable bonds is 5. The second kappa shape index (κ2) is 8.01. The third-order valence-corrected chi connectivity index (χ3v) is 3.44. The lowest BCUT2D eigenvalue weighted by Gasteiger charge is -2.16. The van der Waals surface area contributed by atoms with E-state index in [0.717, 1.165) is 4.57 Å². The molecule has 1 aromatic rings. The van der Waals surface area contributed by atoms with Crippen LogP contribution in [0, 0.1) is 0 Å². The third-order valence-electron chi connectivity index (χ3n) is 3.44. The molecular weight excluding hydrogens is 332 g/mol. The molecule has 0 radical (unpaired) electrons. The quantitative estimate of drug-likeness (QED) is 0.661. The van der Waals surface area contributed by atoms with Gasteiger partial charge in [0.2, 0.25) is 5.91 Å². The van der Waals surface area contributed by atoms with Crippen LogP contribution in [-0.2, 0) is 19.2 Å². The average Bonchev–Trinajstić information content (AvgIpc) is 2.85. The van der Waals surface area contributed by atoms with E-state index in [2.05, 4.69) is 10.3 Å². The molecule has 25 heavy (non-hydrogen) atoms. The van der Waals surface area contributed by atoms with Gasteiger partial charge >= 0.3 is 11.7 Å². The van der Waals surface area contributed by atoms with Gasteiger partial charge in [0.05, 0.1) is 13.2 Å². The Morgan fingerprint density at radius 2 is 2.24 bits per heavy atom. The van der Waals surface area contributed by atoms with Gasteiger partial charge in [-0.25, -0.2) is 9.59 Å². The van der Waals surface area contributed by atoms with Gasteiger partial charge in [-0.05, 0) is 13.0 Å². The maximum Gasteiger partial charge on any atom is 0.353 e. The van der Waals surface area contributed by atoms with E-state index >= 15 is 0 Å². The van der Waals surface area contributed by atoms with Crippen molar-refractivity contribution in [1.29, 1.82) is 0 Å². The highest BCUT2D eigenvalue weighted by molar-refractivity contribution is 5.87. The Kier molecular flexibility index (Phi) is 6.02. The fourth-order valence-corrected chi connectivity index (χ4v) is 2.43. The summed E-state index contributed by atoms with van der Waals surface area (Å²) in [5.41, 5.74) is -0.299. The smallest absolute Gasteiger partial charge is 0.353 e. The number of carbonyl (C=O) groups is 2. The Bertz CT molecular complexity index is 744. The number of esters is 1. The number of nitrogens with zero attached hydrogens (tertiary/aromatic N) is 3. The number of aliphatic hydroxyl groups is 1. The number of hydroxylamine groups is 2. The Hall–Kier alpha value is -2.56. The minimum absolute atomic E-state index is 0.118. The molecule has 1 saturated heterocycles. The predicted molar refractivity (Wildman–Crippen MR) is 87.2 cm³/mol. The van der Waals surface area contributed by atoms with Crippen molar-refractivity contribution in [3.8, 4) is 0 Å². The van der Waals surface area contributed by atoms with Crippen molar-refractivity contribution in [2.75, 3.05) is 25.6 Å². The zero-order valence-corrected chi connectivity index (χ0v) is 14.1. The van der Waals surface area contributed by atoms with Crippen LogP contribution in [0.4, 0.5) is 5.82 Å². The maximum absolute atomic E-state index is 12.2. The second-order valence-corrected chi connectivity index (χ2v) is 5.29. The number of aromatic nitrogens is 2. The molecule has 2 rings (SSSR count). The number of aliphatic hydroxyl groups excluding tert-OH is 1. The third kappa shape index (κ3) is 4.29. The summed E-state index contributed by atoms with van der Waals surface area (Å²) in [5, 5.41) is 13.2. The lowest BCUT2D eigenvalue weighted by molar-refractivity contribution is -0.175. The maximum atomic E-state index is 12.2. The van der Waals surface area contributed by atoms with E-state index in [-0.39, 0.29) is 24.9 Å². The standard InChI is InChI=1S/C15H20N4O6/c1-4-24-14(22)13-10(11(8-20)25-18(13)3)7-19-6-5-12(16-9(2)21)17-15(19)23/h5-7,11,13,20H,4,8H2,1-3H3,(H,16,17,21,23)/b10-7+/t11-,13-/m1/s1. The van der Waals surface area contributed by atoms with Crippen LogP contribution in [0.3, 0.4) is 0 Å². The number of ether oxygens (including phenoxy) is 1. The first-order valence-electron chi connectivity index (χ1n) is 7.62. The Morgan fingerprint density at radius 1 is 1.52 bits per heavy atom. The fraction of sp³-hybridized carbons (Fsp3) is 0.467. The molecule has 1 aliphatic rings. The summed E-state index contributed by atoms with van der Waals surface area (Å²) >= 11 is 0. The van der Waals surface area contributed by atoms with E-state index in [1.165, 1.54) is 37.5 Å². The molecule has 1 fully saturated rings. The van der Waals surface area contributed by atoms with E-state index in [0.29, 0.717) is 5.57 Å². The van der Waals surface area contributed by atoms with E-state index in [9.17, 15) is 19.5 Å². The van der Waals surface area contributed by atoms with Crippen LogP contribution in [0.15, 0.2) is 22.6 Å².